The molecular formula is C82H139NO18. The highest BCUT2D eigenvalue weighted by atomic mass is 16.8. The molecule has 101 heavy (non-hydrogen) atoms. The van der Waals surface area contributed by atoms with Gasteiger partial charge in [-0.1, -0.05) is 277 Å². The normalized spacial score (nSPS) is 27.0. The number of amides is 1. The number of carbonyl (C=O) groups is 1. The lowest BCUT2D eigenvalue weighted by atomic mass is 9.96. The topological polar surface area (TPSA) is 307 Å². The van der Waals surface area contributed by atoms with Gasteiger partial charge in [-0.2, -0.15) is 0 Å². The van der Waals surface area contributed by atoms with Crippen molar-refractivity contribution in [3.8, 4) is 0 Å². The average Bonchev–Trinajstić information content (AvgIpc) is 0.792. The van der Waals surface area contributed by atoms with Crippen molar-refractivity contribution in [2.45, 2.75) is 362 Å². The highest BCUT2D eigenvalue weighted by Gasteiger charge is 2.53. The van der Waals surface area contributed by atoms with Gasteiger partial charge in [0.15, 0.2) is 18.9 Å². The molecule has 0 aliphatic carbocycles. The van der Waals surface area contributed by atoms with E-state index in [0.717, 1.165) is 109 Å². The molecule has 3 aliphatic heterocycles. The SMILES string of the molecule is CC/C=C\C/C=C\C/C=C\C/C=C\C/C=C\C/C=C\C/C=C\C/C=C\CCCCCCCCC(=O)NC(COC1OC(CO)C(OC2OC(CO)C(OC3OC(CO)C(O)C(O)C3O)C(O)C2O)C(O)C1O)C(O)/C=C/CC/C=C/CCCCCCCCCCCCCCCCCCCCC. The van der Waals surface area contributed by atoms with Gasteiger partial charge in [0.2, 0.25) is 5.91 Å². The molecule has 0 aromatic rings. The van der Waals surface area contributed by atoms with Gasteiger partial charge in [-0.25, -0.2) is 0 Å². The van der Waals surface area contributed by atoms with E-state index in [1.54, 1.807) is 6.08 Å². The number of nitrogens with one attached hydrogen (secondary N) is 1. The molecule has 0 saturated carbocycles. The third-order valence-electron chi connectivity index (χ3n) is 18.7. The van der Waals surface area contributed by atoms with E-state index >= 15 is 0 Å². The van der Waals surface area contributed by atoms with E-state index in [0.29, 0.717) is 12.8 Å². The summed E-state index contributed by atoms with van der Waals surface area (Å²) in [7, 11) is 0. The Morgan fingerprint density at radius 2 is 0.693 bits per heavy atom. The number of ether oxygens (including phenoxy) is 6. The Morgan fingerprint density at radius 1 is 0.366 bits per heavy atom. The van der Waals surface area contributed by atoms with Crippen LogP contribution in [0.4, 0.5) is 0 Å². The molecule has 3 saturated heterocycles. The van der Waals surface area contributed by atoms with Gasteiger partial charge in [-0.15, -0.1) is 0 Å². The number of unbranched alkanes of at least 4 members (excludes halogenated alkanes) is 26. The number of hydrogen-bond acceptors (Lipinski definition) is 18. The second kappa shape index (κ2) is 61.4. The fourth-order valence-electron chi connectivity index (χ4n) is 12.5. The van der Waals surface area contributed by atoms with Crippen LogP contribution < -0.4 is 5.32 Å². The minimum absolute atomic E-state index is 0.210. The summed E-state index contributed by atoms with van der Waals surface area (Å²) in [6, 6.07) is -1.01. The quantitative estimate of drug-likeness (QED) is 0.0199. The summed E-state index contributed by atoms with van der Waals surface area (Å²) < 4.78 is 34.4. The van der Waals surface area contributed by atoms with E-state index < -0.39 is 124 Å². The van der Waals surface area contributed by atoms with Crippen LogP contribution in [0.2, 0.25) is 0 Å². The summed E-state index contributed by atoms with van der Waals surface area (Å²) in [6.07, 6.45) is 58.9. The first-order chi connectivity index (χ1) is 49.3. The fourth-order valence-corrected chi connectivity index (χ4v) is 12.5. The minimum Gasteiger partial charge on any atom is -0.394 e. The number of aliphatic hydroxyl groups is 11. The second-order valence-electron chi connectivity index (χ2n) is 27.4. The summed E-state index contributed by atoms with van der Waals surface area (Å²) in [6.45, 7) is 1.60. The molecule has 0 aromatic carbocycles. The van der Waals surface area contributed by atoms with E-state index in [1.165, 1.54) is 116 Å². The van der Waals surface area contributed by atoms with E-state index in [2.05, 4.69) is 129 Å². The maximum Gasteiger partial charge on any atom is 0.220 e. The van der Waals surface area contributed by atoms with E-state index in [4.69, 9.17) is 28.4 Å². The Balaban J connectivity index is 1.42. The van der Waals surface area contributed by atoms with Crippen molar-refractivity contribution in [2.24, 2.45) is 0 Å². The fraction of sp³-hybridized carbons (Fsp3) is 0.744. The second-order valence-corrected chi connectivity index (χ2v) is 27.4. The summed E-state index contributed by atoms with van der Waals surface area (Å²) in [5.74, 6) is -0.303. The van der Waals surface area contributed by atoms with E-state index in [9.17, 15) is 61.0 Å². The highest BCUT2D eigenvalue weighted by Crippen LogP contribution is 2.33. The maximum atomic E-state index is 13.5. The maximum absolute atomic E-state index is 13.5. The van der Waals surface area contributed by atoms with Gasteiger partial charge in [0, 0.05) is 6.42 Å². The molecule has 0 aromatic heterocycles. The molecule has 0 spiro atoms. The van der Waals surface area contributed by atoms with Crippen molar-refractivity contribution < 1.29 is 89.4 Å². The smallest absolute Gasteiger partial charge is 0.220 e. The Morgan fingerprint density at radius 3 is 1.11 bits per heavy atom. The van der Waals surface area contributed by atoms with Gasteiger partial charge in [-0.05, 0) is 96.3 Å². The third kappa shape index (κ3) is 41.6. The van der Waals surface area contributed by atoms with Gasteiger partial charge >= 0.3 is 0 Å². The summed E-state index contributed by atoms with van der Waals surface area (Å²) in [5, 5.41) is 121. The molecule has 0 radical (unpaired) electrons. The molecule has 1 amide bonds. The standard InChI is InChI=1S/C82H139NO18/c1-3-5-7-9-11-13-15-17-19-21-23-25-27-29-30-31-32-33-34-36-38-40-42-44-46-48-50-52-54-56-58-60-70(88)83-65(66(87)59-57-55-53-51-49-47-45-43-41-39-37-35-28-26-24-22-20-18-16-14-12-10-8-6-4-2)64-96-80-76(94)73(91)78(68(62-85)98-80)101-82-77(95)74(92)79(69(63-86)99-82)100-81-75(93)72(90)71(89)67(61-84)97-81/h5,7,11,13,17,19,23,25,29-30,32-33,36,38,42,44,49,51,57,59,65-69,71-82,84-87,89-95H,3-4,6,8-10,12,14-16,18,20-22,24,26-28,31,34-35,37,39-41,43,45-48,50,52-56,58,60-64H2,1-2H3,(H,83,88)/b7-5-,13-11-,19-17-,25-23-,30-29-,33-32-,38-36-,44-42-,51-49+,59-57+. The minimum atomic E-state index is -1.99. The zero-order valence-electron chi connectivity index (χ0n) is 61.8. The molecule has 17 atom stereocenters. The molecule has 0 bridgehead atoms. The van der Waals surface area contributed by atoms with Gasteiger partial charge in [0.05, 0.1) is 38.6 Å². The molecule has 580 valence electrons. The van der Waals surface area contributed by atoms with Crippen LogP contribution in [0.1, 0.15) is 258 Å². The van der Waals surface area contributed by atoms with Crippen molar-refractivity contribution in [3.05, 3.63) is 122 Å². The zero-order valence-corrected chi connectivity index (χ0v) is 61.8. The van der Waals surface area contributed by atoms with E-state index in [-0.39, 0.29) is 18.9 Å². The number of aliphatic hydroxyl groups excluding tert-OH is 11. The van der Waals surface area contributed by atoms with Gasteiger partial charge < -0.3 is 89.9 Å². The van der Waals surface area contributed by atoms with Crippen molar-refractivity contribution >= 4 is 5.91 Å². The molecule has 3 aliphatic rings. The van der Waals surface area contributed by atoms with Crippen LogP contribution in [-0.4, -0.2) is 193 Å². The van der Waals surface area contributed by atoms with Crippen molar-refractivity contribution in [1.82, 2.24) is 5.32 Å². The predicted octanol–water partition coefficient (Wildman–Crippen LogP) is 12.7. The van der Waals surface area contributed by atoms with Crippen LogP contribution >= 0.6 is 0 Å². The lowest BCUT2D eigenvalue weighted by molar-refractivity contribution is -0.379. The number of allylic oxidation sites excluding steroid dienone is 19. The van der Waals surface area contributed by atoms with Crippen LogP contribution in [-0.2, 0) is 33.2 Å². The molecule has 3 fully saturated rings. The van der Waals surface area contributed by atoms with Gasteiger partial charge in [0.1, 0.15) is 73.2 Å². The summed E-state index contributed by atoms with van der Waals surface area (Å²) in [4.78, 5) is 13.5. The van der Waals surface area contributed by atoms with Crippen LogP contribution in [0, 0.1) is 0 Å². The van der Waals surface area contributed by atoms with Crippen LogP contribution in [0.3, 0.4) is 0 Å². The number of hydrogen-bond donors (Lipinski definition) is 12. The predicted molar refractivity (Wildman–Crippen MR) is 401 cm³/mol. The molecule has 17 unspecified atom stereocenters. The first-order valence-corrected chi connectivity index (χ1v) is 39.3. The lowest BCUT2D eigenvalue weighted by Crippen LogP contribution is -2.66. The highest BCUT2D eigenvalue weighted by molar-refractivity contribution is 5.76. The molecule has 3 heterocycles. The third-order valence-corrected chi connectivity index (χ3v) is 18.7. The first kappa shape index (κ1) is 91.4. The average molecular weight is 1430 g/mol. The monoisotopic (exact) mass is 1430 g/mol. The molecule has 19 nitrogen and oxygen atoms in total. The summed E-state index contributed by atoms with van der Waals surface area (Å²) in [5.41, 5.74) is 0. The molecule has 3 rings (SSSR count). The van der Waals surface area contributed by atoms with Crippen LogP contribution in [0.5, 0.6) is 0 Å². The van der Waals surface area contributed by atoms with Crippen LogP contribution in [0.15, 0.2) is 122 Å². The Bertz CT molecular complexity index is 2300. The Hall–Kier alpha value is -3.81. The molecule has 12 N–H and O–H groups in total. The van der Waals surface area contributed by atoms with Gasteiger partial charge in [-0.3, -0.25) is 4.79 Å². The number of carbonyl (C=O) groups excluding carboxylic acids is 1. The molecule has 19 heteroatoms. The Labute approximate surface area is 608 Å². The number of rotatable bonds is 60. The summed E-state index contributed by atoms with van der Waals surface area (Å²) >= 11 is 0. The van der Waals surface area contributed by atoms with Gasteiger partial charge in [0.25, 0.3) is 0 Å². The Kier molecular flexibility index (Phi) is 55.5. The van der Waals surface area contributed by atoms with Crippen molar-refractivity contribution in [2.75, 3.05) is 26.4 Å². The zero-order chi connectivity index (χ0) is 73.2. The first-order valence-electron chi connectivity index (χ1n) is 39.3. The largest absolute Gasteiger partial charge is 0.394 e. The van der Waals surface area contributed by atoms with Crippen molar-refractivity contribution in [3.63, 3.8) is 0 Å². The van der Waals surface area contributed by atoms with E-state index in [1.807, 2.05) is 6.08 Å². The molecular weight excluding hydrogens is 1290 g/mol. The van der Waals surface area contributed by atoms with Crippen LogP contribution in [0.25, 0.3) is 0 Å². The lowest BCUT2D eigenvalue weighted by Gasteiger charge is -2.48. The van der Waals surface area contributed by atoms with Crippen molar-refractivity contribution in [1.29, 1.82) is 0 Å².